The highest BCUT2D eigenvalue weighted by molar-refractivity contribution is 7.52. The molecule has 1 heterocycles. The van der Waals surface area contributed by atoms with Crippen LogP contribution in [0.2, 0.25) is 0 Å². The number of aliphatic imine (C=N–C) groups is 1. The maximum absolute atomic E-state index is 5.61. The molecule has 0 aliphatic carbocycles. The molecule has 0 spiro atoms. The van der Waals surface area contributed by atoms with Crippen LogP contribution in [-0.4, -0.2) is 10.9 Å². The van der Waals surface area contributed by atoms with Crippen LogP contribution < -0.4 is 10.2 Å². The van der Waals surface area contributed by atoms with Crippen molar-refractivity contribution in [2.24, 2.45) is 10.5 Å². The van der Waals surface area contributed by atoms with Crippen LogP contribution in [0.1, 0.15) is 5.56 Å². The third-order valence-corrected chi connectivity index (χ3v) is 2.53. The Balaban J connectivity index is 2.06. The predicted octanol–water partition coefficient (Wildman–Crippen LogP) is 3.39. The number of nitrogens with two attached hydrogens (primary N) is 1. The topological polar surface area (TPSA) is 60.5 Å². The summed E-state index contributed by atoms with van der Waals surface area (Å²) in [5, 5.41) is 0. The van der Waals surface area contributed by atoms with E-state index >= 15 is 0 Å². The second kappa shape index (κ2) is 6.24. The van der Waals surface area contributed by atoms with Crippen LogP contribution in [0, 0.1) is 6.92 Å². The highest BCUT2D eigenvalue weighted by Crippen LogP contribution is 2.21. The minimum atomic E-state index is 0.206. The molecule has 0 fully saturated rings. The van der Waals surface area contributed by atoms with Gasteiger partial charge in [-0.15, -0.1) is 0 Å². The van der Waals surface area contributed by atoms with Crippen molar-refractivity contribution in [2.75, 3.05) is 0 Å². The summed E-state index contributed by atoms with van der Waals surface area (Å²) >= 11 is 0. The molecule has 0 saturated heterocycles. The van der Waals surface area contributed by atoms with Crippen LogP contribution in [0.4, 0.5) is 5.69 Å². The second-order valence-electron chi connectivity index (χ2n) is 3.69. The Hall–Kier alpha value is -1.77. The van der Waals surface area contributed by atoms with Gasteiger partial charge in [0, 0.05) is 12.0 Å². The second-order valence-corrected chi connectivity index (χ2v) is 4.29. The van der Waals surface area contributed by atoms with Crippen LogP contribution in [0.5, 0.6) is 11.6 Å². The summed E-state index contributed by atoms with van der Waals surface area (Å²) < 4.78 is 5.61. The van der Waals surface area contributed by atoms with Gasteiger partial charge < -0.3 is 10.2 Å². The first-order chi connectivity index (χ1) is 8.78. The Morgan fingerprint density at radius 3 is 2.61 bits per heavy atom. The zero-order chi connectivity index (χ0) is 12.8. The summed E-state index contributed by atoms with van der Waals surface area (Å²) in [4.78, 5) is 8.30. The maximum Gasteiger partial charge on any atom is 0.219 e. The maximum atomic E-state index is 5.61. The molecule has 1 aromatic heterocycles. The molecular formula is C13H14N3OP. The van der Waals surface area contributed by atoms with Crippen LogP contribution in [0.3, 0.4) is 0 Å². The highest BCUT2D eigenvalue weighted by Gasteiger charge is 1.98. The SMILES string of the molecule is Cc1ccc(Oc2ccc(N=CPN)cn2)cc1. The van der Waals surface area contributed by atoms with Crippen LogP contribution in [0.15, 0.2) is 47.6 Å². The van der Waals surface area contributed by atoms with Gasteiger partial charge >= 0.3 is 0 Å². The standard InChI is InChI=1S/C13H14N3OP/c1-10-2-5-12(6-3-10)17-13-7-4-11(8-15-13)16-9-18-14/h2-9,18H,14H2,1H3. The first kappa shape index (κ1) is 12.7. The summed E-state index contributed by atoms with van der Waals surface area (Å²) in [5.41, 5.74) is 7.32. The van der Waals surface area contributed by atoms with Gasteiger partial charge in [-0.3, -0.25) is 4.99 Å². The molecule has 1 atom stereocenters. The van der Waals surface area contributed by atoms with Crippen molar-refractivity contribution in [1.29, 1.82) is 0 Å². The molecule has 0 bridgehead atoms. The summed E-state index contributed by atoms with van der Waals surface area (Å²) in [6, 6.07) is 11.4. The third-order valence-electron chi connectivity index (χ3n) is 2.25. The smallest absolute Gasteiger partial charge is 0.219 e. The molecule has 0 amide bonds. The first-order valence-electron chi connectivity index (χ1n) is 5.47. The van der Waals surface area contributed by atoms with Gasteiger partial charge in [0.1, 0.15) is 5.75 Å². The van der Waals surface area contributed by atoms with Crippen molar-refractivity contribution in [2.45, 2.75) is 6.92 Å². The fourth-order valence-electron chi connectivity index (χ4n) is 1.35. The van der Waals surface area contributed by atoms with E-state index in [9.17, 15) is 0 Å². The first-order valence-corrected chi connectivity index (χ1v) is 6.62. The number of hydrogen-bond donors (Lipinski definition) is 1. The molecule has 0 saturated carbocycles. The molecule has 1 unspecified atom stereocenters. The van der Waals surface area contributed by atoms with Crippen molar-refractivity contribution in [3.8, 4) is 11.6 Å². The number of benzene rings is 1. The van der Waals surface area contributed by atoms with E-state index in [-0.39, 0.29) is 8.73 Å². The van der Waals surface area contributed by atoms with E-state index < -0.39 is 0 Å². The lowest BCUT2D eigenvalue weighted by atomic mass is 10.2. The number of ether oxygens (including phenoxy) is 1. The zero-order valence-corrected chi connectivity index (χ0v) is 11.0. The largest absolute Gasteiger partial charge is 0.439 e. The molecule has 2 rings (SSSR count). The quantitative estimate of drug-likeness (QED) is 0.676. The number of nitrogens with zero attached hydrogens (tertiary/aromatic N) is 2. The lowest BCUT2D eigenvalue weighted by molar-refractivity contribution is 0.463. The van der Waals surface area contributed by atoms with Gasteiger partial charge in [0.05, 0.1) is 11.9 Å². The molecule has 2 aromatic rings. The number of hydrogen-bond acceptors (Lipinski definition) is 4. The van der Waals surface area contributed by atoms with Gasteiger partial charge in [-0.2, -0.15) is 0 Å². The third kappa shape index (κ3) is 3.62. The minimum absolute atomic E-state index is 0.206. The van der Waals surface area contributed by atoms with E-state index in [1.807, 2.05) is 37.3 Å². The van der Waals surface area contributed by atoms with Gasteiger partial charge in [0.25, 0.3) is 0 Å². The molecule has 5 heteroatoms. The van der Waals surface area contributed by atoms with E-state index in [4.69, 9.17) is 10.2 Å². The van der Waals surface area contributed by atoms with Crippen molar-refractivity contribution in [3.05, 3.63) is 48.2 Å². The average Bonchev–Trinajstić information content (AvgIpc) is 2.41. The monoisotopic (exact) mass is 259 g/mol. The van der Waals surface area contributed by atoms with Gasteiger partial charge in [-0.05, 0) is 33.9 Å². The van der Waals surface area contributed by atoms with E-state index in [0.29, 0.717) is 5.88 Å². The molecule has 0 aliphatic rings. The van der Waals surface area contributed by atoms with Gasteiger partial charge in [0.15, 0.2) is 0 Å². The van der Waals surface area contributed by atoms with Gasteiger partial charge in [0.2, 0.25) is 5.88 Å². The van der Waals surface area contributed by atoms with Crippen molar-refractivity contribution in [3.63, 3.8) is 0 Å². The van der Waals surface area contributed by atoms with Gasteiger partial charge in [-0.25, -0.2) is 4.98 Å². The summed E-state index contributed by atoms with van der Waals surface area (Å²) in [6.07, 6.45) is 1.65. The Bertz CT molecular complexity index is 523. The van der Waals surface area contributed by atoms with Crippen molar-refractivity contribution in [1.82, 2.24) is 4.98 Å². The van der Waals surface area contributed by atoms with Crippen molar-refractivity contribution < 1.29 is 4.74 Å². The summed E-state index contributed by atoms with van der Waals surface area (Å²) in [5.74, 6) is 2.98. The number of aromatic nitrogens is 1. The summed E-state index contributed by atoms with van der Waals surface area (Å²) in [7, 11) is 0.206. The van der Waals surface area contributed by atoms with Gasteiger partial charge in [-0.1, -0.05) is 17.7 Å². The fraction of sp³-hybridized carbons (Fsp3) is 0.0769. The molecule has 2 N–H and O–H groups in total. The van der Waals surface area contributed by atoms with E-state index in [0.717, 1.165) is 11.4 Å². The Labute approximate surface area is 108 Å². The lowest BCUT2D eigenvalue weighted by Crippen LogP contribution is -1.86. The molecular weight excluding hydrogens is 245 g/mol. The number of rotatable bonds is 4. The zero-order valence-electron chi connectivity index (χ0n) is 10.00. The van der Waals surface area contributed by atoms with Crippen LogP contribution in [-0.2, 0) is 0 Å². The molecule has 4 nitrogen and oxygen atoms in total. The number of pyridine rings is 1. The van der Waals surface area contributed by atoms with E-state index in [1.165, 1.54) is 5.56 Å². The Kier molecular flexibility index (Phi) is 4.40. The minimum Gasteiger partial charge on any atom is -0.439 e. The molecule has 92 valence electrons. The lowest BCUT2D eigenvalue weighted by Gasteiger charge is -2.04. The molecule has 0 radical (unpaired) electrons. The number of aryl methyl sites for hydroxylation is 1. The Morgan fingerprint density at radius 2 is 2.00 bits per heavy atom. The molecule has 1 aromatic carbocycles. The van der Waals surface area contributed by atoms with Crippen molar-refractivity contribution >= 4 is 20.4 Å². The van der Waals surface area contributed by atoms with Crippen LogP contribution in [0.25, 0.3) is 0 Å². The van der Waals surface area contributed by atoms with Crippen LogP contribution >= 0.6 is 8.73 Å². The van der Waals surface area contributed by atoms with E-state index in [2.05, 4.69) is 9.98 Å². The predicted molar refractivity (Wildman–Crippen MR) is 76.1 cm³/mol. The highest BCUT2D eigenvalue weighted by atomic mass is 31.1. The van der Waals surface area contributed by atoms with E-state index in [1.54, 1.807) is 18.2 Å². The molecule has 18 heavy (non-hydrogen) atoms. The summed E-state index contributed by atoms with van der Waals surface area (Å²) in [6.45, 7) is 2.03. The normalized spacial score (nSPS) is 11.4. The fourth-order valence-corrected chi connectivity index (χ4v) is 1.57. The Morgan fingerprint density at radius 1 is 1.22 bits per heavy atom. The average molecular weight is 259 g/mol. The molecule has 0 aliphatic heterocycles.